The molecular weight excluding hydrogens is 399 g/mol. The Hall–Kier alpha value is -1.50. The Bertz CT molecular complexity index is 701. The van der Waals surface area contributed by atoms with Crippen LogP contribution >= 0.6 is 23.2 Å². The quantitative estimate of drug-likeness (QED) is 0.720. The third-order valence-corrected chi connectivity index (χ3v) is 5.55. The van der Waals surface area contributed by atoms with Crippen LogP contribution in [0.15, 0.2) is 18.2 Å². The maximum atomic E-state index is 12.5. The normalized spacial score (nSPS) is 15.6. The summed E-state index contributed by atoms with van der Waals surface area (Å²) in [6.07, 6.45) is 1.32. The maximum absolute atomic E-state index is 12.5. The molecule has 0 aliphatic carbocycles. The number of carbonyl (C=O) groups is 2. The molecule has 28 heavy (non-hydrogen) atoms. The van der Waals surface area contributed by atoms with E-state index in [1.54, 1.807) is 23.1 Å². The van der Waals surface area contributed by atoms with E-state index >= 15 is 0 Å². The molecule has 1 aromatic rings. The molecule has 0 aromatic heterocycles. The molecule has 0 bridgehead atoms. The summed E-state index contributed by atoms with van der Waals surface area (Å²) in [5.41, 5.74) is 0.613. The van der Waals surface area contributed by atoms with Crippen LogP contribution < -0.4 is 10.6 Å². The lowest BCUT2D eigenvalue weighted by Crippen LogP contribution is -2.46. The molecule has 1 saturated heterocycles. The summed E-state index contributed by atoms with van der Waals surface area (Å²) in [4.78, 5) is 28.8. The van der Waals surface area contributed by atoms with Crippen LogP contribution in [0, 0.1) is 11.3 Å². The molecule has 1 heterocycles. The molecule has 0 unspecified atom stereocenters. The second-order valence-electron chi connectivity index (χ2n) is 8.44. The molecule has 6 nitrogen and oxygen atoms in total. The number of nitrogens with one attached hydrogen (secondary N) is 2. The van der Waals surface area contributed by atoms with Gasteiger partial charge in [0.1, 0.15) is 0 Å². The van der Waals surface area contributed by atoms with Crippen molar-refractivity contribution in [2.45, 2.75) is 26.7 Å². The number of nitrogens with zero attached hydrogens (tertiary/aromatic N) is 2. The van der Waals surface area contributed by atoms with Gasteiger partial charge in [0.05, 0.1) is 10.0 Å². The summed E-state index contributed by atoms with van der Waals surface area (Å²) in [5, 5.41) is 6.75. The van der Waals surface area contributed by atoms with Gasteiger partial charge in [0, 0.05) is 37.8 Å². The van der Waals surface area contributed by atoms with Crippen molar-refractivity contribution in [3.05, 3.63) is 28.2 Å². The number of urea groups is 1. The van der Waals surface area contributed by atoms with E-state index in [0.717, 1.165) is 6.54 Å². The predicted molar refractivity (Wildman–Crippen MR) is 115 cm³/mol. The number of halogens is 2. The molecule has 2 N–H and O–H groups in total. The van der Waals surface area contributed by atoms with E-state index in [0.29, 0.717) is 48.2 Å². The number of carbonyl (C=O) groups excluding carboxylic acids is 2. The van der Waals surface area contributed by atoms with Gasteiger partial charge < -0.3 is 20.4 Å². The average Bonchev–Trinajstić information content (AvgIpc) is 2.62. The Morgan fingerprint density at radius 1 is 1.18 bits per heavy atom. The number of likely N-dealkylation sites (tertiary alicyclic amines) is 1. The van der Waals surface area contributed by atoms with Crippen molar-refractivity contribution in [3.8, 4) is 0 Å². The molecule has 0 radical (unpaired) electrons. The Balaban J connectivity index is 1.79. The van der Waals surface area contributed by atoms with Gasteiger partial charge in [-0.3, -0.25) is 4.79 Å². The first-order valence-corrected chi connectivity index (χ1v) is 10.3. The molecule has 2 rings (SSSR count). The molecule has 0 saturated carbocycles. The number of anilines is 1. The van der Waals surface area contributed by atoms with Crippen LogP contribution in [0.4, 0.5) is 10.5 Å². The van der Waals surface area contributed by atoms with E-state index in [4.69, 9.17) is 23.2 Å². The maximum Gasteiger partial charge on any atom is 0.321 e. The minimum Gasteiger partial charge on any atom is -0.355 e. The summed E-state index contributed by atoms with van der Waals surface area (Å²) in [6, 6.07) is 4.79. The first-order valence-electron chi connectivity index (χ1n) is 9.51. The van der Waals surface area contributed by atoms with Crippen LogP contribution in [0.2, 0.25) is 10.0 Å². The van der Waals surface area contributed by atoms with Gasteiger partial charge in [-0.25, -0.2) is 4.79 Å². The van der Waals surface area contributed by atoms with Crippen LogP contribution in [0.1, 0.15) is 26.7 Å². The summed E-state index contributed by atoms with van der Waals surface area (Å²) in [6.45, 7) is 6.92. The van der Waals surface area contributed by atoms with Gasteiger partial charge in [0.25, 0.3) is 0 Å². The van der Waals surface area contributed by atoms with E-state index in [2.05, 4.69) is 29.4 Å². The highest BCUT2D eigenvalue weighted by molar-refractivity contribution is 6.42. The van der Waals surface area contributed by atoms with Gasteiger partial charge >= 0.3 is 6.03 Å². The lowest BCUT2D eigenvalue weighted by Gasteiger charge is -2.33. The minimum atomic E-state index is -0.190. The summed E-state index contributed by atoms with van der Waals surface area (Å²) in [7, 11) is 4.06. The summed E-state index contributed by atoms with van der Waals surface area (Å²) < 4.78 is 0. The van der Waals surface area contributed by atoms with E-state index in [9.17, 15) is 9.59 Å². The molecule has 0 atom stereocenters. The van der Waals surface area contributed by atoms with Crippen LogP contribution in [0.5, 0.6) is 0 Å². The minimum absolute atomic E-state index is 0.0135. The standard InChI is InChI=1S/C20H30Cl2N4O2/c1-20(2,13-25(3)4)12-23-18(27)14-7-9-26(10-8-14)19(28)24-15-5-6-16(21)17(22)11-15/h5-6,11,14H,7-10,12-13H2,1-4H3,(H,23,27)(H,24,28). The van der Waals surface area contributed by atoms with E-state index < -0.39 is 0 Å². The summed E-state index contributed by atoms with van der Waals surface area (Å²) in [5.74, 6) is 0.0283. The van der Waals surface area contributed by atoms with Crippen LogP contribution in [0.25, 0.3) is 0 Å². The third kappa shape index (κ3) is 6.83. The molecule has 8 heteroatoms. The van der Waals surface area contributed by atoms with Crippen molar-refractivity contribution in [1.29, 1.82) is 0 Å². The van der Waals surface area contributed by atoms with Crippen molar-refractivity contribution in [2.24, 2.45) is 11.3 Å². The zero-order valence-corrected chi connectivity index (χ0v) is 18.5. The fourth-order valence-electron chi connectivity index (χ4n) is 3.50. The van der Waals surface area contributed by atoms with Crippen molar-refractivity contribution in [3.63, 3.8) is 0 Å². The lowest BCUT2D eigenvalue weighted by atomic mass is 9.91. The Labute approximate surface area is 177 Å². The summed E-state index contributed by atoms with van der Waals surface area (Å²) >= 11 is 11.9. The highest BCUT2D eigenvalue weighted by Gasteiger charge is 2.28. The van der Waals surface area contributed by atoms with Gasteiger partial charge in [0.15, 0.2) is 0 Å². The van der Waals surface area contributed by atoms with Crippen LogP contribution in [-0.4, -0.2) is 62.0 Å². The number of benzene rings is 1. The molecule has 1 aliphatic heterocycles. The largest absolute Gasteiger partial charge is 0.355 e. The number of hydrogen-bond acceptors (Lipinski definition) is 3. The van der Waals surface area contributed by atoms with E-state index in [-0.39, 0.29) is 23.3 Å². The number of rotatable bonds is 6. The van der Waals surface area contributed by atoms with Gasteiger partial charge in [-0.2, -0.15) is 0 Å². The van der Waals surface area contributed by atoms with Crippen molar-refractivity contribution in [2.75, 3.05) is 45.6 Å². The highest BCUT2D eigenvalue weighted by atomic mass is 35.5. The Morgan fingerprint density at radius 3 is 2.39 bits per heavy atom. The fraction of sp³-hybridized carbons (Fsp3) is 0.600. The van der Waals surface area contributed by atoms with Crippen molar-refractivity contribution >= 4 is 40.8 Å². The zero-order valence-electron chi connectivity index (χ0n) is 17.0. The SMILES string of the molecule is CN(C)CC(C)(C)CNC(=O)C1CCN(C(=O)Nc2ccc(Cl)c(Cl)c2)CC1. The van der Waals surface area contributed by atoms with E-state index in [1.807, 2.05) is 14.1 Å². The smallest absolute Gasteiger partial charge is 0.321 e. The molecule has 3 amide bonds. The topological polar surface area (TPSA) is 64.7 Å². The van der Waals surface area contributed by atoms with Gasteiger partial charge in [0.2, 0.25) is 5.91 Å². The van der Waals surface area contributed by atoms with Gasteiger partial charge in [-0.1, -0.05) is 37.0 Å². The number of hydrogen-bond donors (Lipinski definition) is 2. The van der Waals surface area contributed by atoms with Crippen molar-refractivity contribution < 1.29 is 9.59 Å². The van der Waals surface area contributed by atoms with Crippen LogP contribution in [0.3, 0.4) is 0 Å². The predicted octanol–water partition coefficient (Wildman–Crippen LogP) is 3.94. The molecular formula is C20H30Cl2N4O2. The Morgan fingerprint density at radius 2 is 1.82 bits per heavy atom. The lowest BCUT2D eigenvalue weighted by molar-refractivity contribution is -0.126. The van der Waals surface area contributed by atoms with Crippen molar-refractivity contribution in [1.82, 2.24) is 15.1 Å². The van der Waals surface area contributed by atoms with Crippen LogP contribution in [-0.2, 0) is 4.79 Å². The highest BCUT2D eigenvalue weighted by Crippen LogP contribution is 2.26. The first kappa shape index (κ1) is 22.8. The first-order chi connectivity index (χ1) is 13.1. The molecule has 156 valence electrons. The number of amides is 3. The second-order valence-corrected chi connectivity index (χ2v) is 9.25. The molecule has 1 aromatic carbocycles. The molecule has 1 fully saturated rings. The Kier molecular flexibility index (Phi) is 7.98. The van der Waals surface area contributed by atoms with Gasteiger partial charge in [-0.15, -0.1) is 0 Å². The number of piperidine rings is 1. The molecule has 1 aliphatic rings. The zero-order chi connectivity index (χ0) is 20.9. The molecule has 0 spiro atoms. The fourth-order valence-corrected chi connectivity index (χ4v) is 3.80. The monoisotopic (exact) mass is 428 g/mol. The average molecular weight is 429 g/mol. The third-order valence-electron chi connectivity index (χ3n) is 4.81. The van der Waals surface area contributed by atoms with E-state index in [1.165, 1.54) is 0 Å². The second kappa shape index (κ2) is 9.81. The van der Waals surface area contributed by atoms with Gasteiger partial charge in [-0.05, 0) is 50.6 Å².